The van der Waals surface area contributed by atoms with Gasteiger partial charge in [0.1, 0.15) is 6.10 Å². The summed E-state index contributed by atoms with van der Waals surface area (Å²) < 4.78 is 34.6. The molecule has 1 aliphatic heterocycles. The molecule has 3 N–H and O–H groups in total. The fourth-order valence-electron chi connectivity index (χ4n) is 2.46. The molecule has 0 bridgehead atoms. The highest BCUT2D eigenvalue weighted by Crippen LogP contribution is 2.18. The van der Waals surface area contributed by atoms with E-state index in [4.69, 9.17) is 14.9 Å². The highest BCUT2D eigenvalue weighted by atomic mass is 19.2. The van der Waals surface area contributed by atoms with Crippen molar-refractivity contribution in [2.45, 2.75) is 25.4 Å². The molecule has 1 saturated heterocycles. The maximum Gasteiger partial charge on any atom is 0.253 e. The molecule has 0 radical (unpaired) electrons. The van der Waals surface area contributed by atoms with Crippen LogP contribution in [0.15, 0.2) is 36.5 Å². The van der Waals surface area contributed by atoms with Gasteiger partial charge >= 0.3 is 0 Å². The molecule has 7 nitrogen and oxygen atoms in total. The van der Waals surface area contributed by atoms with E-state index in [0.717, 1.165) is 31.7 Å². The van der Waals surface area contributed by atoms with Gasteiger partial charge < -0.3 is 25.0 Å². The number of benzene rings is 1. The second-order valence-corrected chi connectivity index (χ2v) is 5.76. The molecular formula is C20H26F2N2O5. The molecule has 3 rings (SSSR count). The maximum atomic E-state index is 12.5. The first-order chi connectivity index (χ1) is 14.0. The summed E-state index contributed by atoms with van der Waals surface area (Å²) in [4.78, 5) is 15.9. The van der Waals surface area contributed by atoms with Crippen molar-refractivity contribution in [3.05, 3.63) is 53.9 Å². The van der Waals surface area contributed by atoms with Crippen LogP contribution in [0, 0.1) is 11.6 Å². The van der Waals surface area contributed by atoms with Crippen LogP contribution in [0.2, 0.25) is 0 Å². The number of hydrogen-bond acceptors (Lipinski definition) is 6. The predicted molar refractivity (Wildman–Crippen MR) is 104 cm³/mol. The Bertz CT molecular complexity index is 755. The number of aliphatic hydroxyl groups is 2. The van der Waals surface area contributed by atoms with Crippen molar-refractivity contribution in [3.63, 3.8) is 0 Å². The van der Waals surface area contributed by atoms with Gasteiger partial charge in [0.05, 0.1) is 7.11 Å². The molecule has 2 aromatic rings. The smallest absolute Gasteiger partial charge is 0.253 e. The maximum absolute atomic E-state index is 12.5. The van der Waals surface area contributed by atoms with Gasteiger partial charge in [-0.15, -0.1) is 0 Å². The topological polar surface area (TPSA) is 101 Å². The van der Waals surface area contributed by atoms with Gasteiger partial charge in [-0.3, -0.25) is 9.78 Å². The average molecular weight is 412 g/mol. The molecule has 160 valence electrons. The van der Waals surface area contributed by atoms with Gasteiger partial charge in [-0.05, 0) is 37.1 Å². The first kappa shape index (κ1) is 24.4. The van der Waals surface area contributed by atoms with Crippen LogP contribution >= 0.6 is 0 Å². The number of amides is 1. The zero-order valence-electron chi connectivity index (χ0n) is 16.4. The number of hydrogen-bond donors (Lipinski definition) is 3. The number of nitrogens with one attached hydrogen (secondary N) is 1. The fraction of sp³-hybridized carbons (Fsp3) is 0.400. The number of aliphatic hydroxyl groups excluding tert-OH is 2. The SMILES string of the molecule is CO.COc1cccc(F)c1F.O=C(Nc1ccnc(CCO)c1)C1CCCO1. The number of carbonyl (C=O) groups excluding carboxylic acids is 1. The van der Waals surface area contributed by atoms with Crippen LogP contribution < -0.4 is 10.1 Å². The number of methoxy groups -OCH3 is 1. The zero-order chi connectivity index (χ0) is 21.6. The van der Waals surface area contributed by atoms with Crippen LogP contribution in [-0.2, 0) is 16.0 Å². The summed E-state index contributed by atoms with van der Waals surface area (Å²) >= 11 is 0. The molecular weight excluding hydrogens is 386 g/mol. The van der Waals surface area contributed by atoms with E-state index >= 15 is 0 Å². The number of anilines is 1. The van der Waals surface area contributed by atoms with E-state index in [-0.39, 0.29) is 24.4 Å². The summed E-state index contributed by atoms with van der Waals surface area (Å²) in [6.45, 7) is 0.709. The van der Waals surface area contributed by atoms with E-state index < -0.39 is 11.6 Å². The average Bonchev–Trinajstić information content (AvgIpc) is 3.28. The lowest BCUT2D eigenvalue weighted by Crippen LogP contribution is -2.26. The van der Waals surface area contributed by atoms with E-state index in [1.54, 1.807) is 18.3 Å². The van der Waals surface area contributed by atoms with E-state index in [1.807, 2.05) is 0 Å². The minimum atomic E-state index is -0.940. The van der Waals surface area contributed by atoms with Crippen molar-refractivity contribution in [3.8, 4) is 5.75 Å². The number of pyridine rings is 1. The van der Waals surface area contributed by atoms with Gasteiger partial charge in [0.15, 0.2) is 11.6 Å². The van der Waals surface area contributed by atoms with Crippen LogP contribution in [0.5, 0.6) is 5.75 Å². The second-order valence-electron chi connectivity index (χ2n) is 5.76. The minimum Gasteiger partial charge on any atom is -0.494 e. The van der Waals surface area contributed by atoms with Crippen molar-refractivity contribution in [1.29, 1.82) is 0 Å². The first-order valence-corrected chi connectivity index (χ1v) is 8.96. The highest BCUT2D eigenvalue weighted by molar-refractivity contribution is 5.94. The molecule has 1 aromatic heterocycles. The van der Waals surface area contributed by atoms with E-state index in [9.17, 15) is 13.6 Å². The third-order valence-corrected chi connectivity index (χ3v) is 3.81. The molecule has 1 unspecified atom stereocenters. The van der Waals surface area contributed by atoms with Gasteiger partial charge in [-0.1, -0.05) is 6.07 Å². The Morgan fingerprint density at radius 3 is 2.69 bits per heavy atom. The lowest BCUT2D eigenvalue weighted by molar-refractivity contribution is -0.124. The number of ether oxygens (including phenoxy) is 2. The number of halogens is 2. The lowest BCUT2D eigenvalue weighted by Gasteiger charge is -2.10. The van der Waals surface area contributed by atoms with Gasteiger partial charge in [-0.2, -0.15) is 4.39 Å². The van der Waals surface area contributed by atoms with Crippen LogP contribution in [0.1, 0.15) is 18.5 Å². The molecule has 1 atom stereocenters. The predicted octanol–water partition coefficient (Wildman–Crippen LogP) is 2.32. The summed E-state index contributed by atoms with van der Waals surface area (Å²) in [7, 11) is 2.29. The normalized spacial score (nSPS) is 14.8. The summed E-state index contributed by atoms with van der Waals surface area (Å²) in [5.41, 5.74) is 1.46. The van der Waals surface area contributed by atoms with Gasteiger partial charge in [-0.25, -0.2) is 4.39 Å². The Morgan fingerprint density at radius 2 is 2.10 bits per heavy atom. The monoisotopic (exact) mass is 412 g/mol. The molecule has 1 amide bonds. The number of nitrogens with zero attached hydrogens (tertiary/aromatic N) is 1. The lowest BCUT2D eigenvalue weighted by atomic mass is 10.2. The molecule has 29 heavy (non-hydrogen) atoms. The summed E-state index contributed by atoms with van der Waals surface area (Å²) in [6.07, 6.45) is 3.49. The van der Waals surface area contributed by atoms with Crippen LogP contribution in [0.25, 0.3) is 0 Å². The Morgan fingerprint density at radius 1 is 1.34 bits per heavy atom. The molecule has 9 heteroatoms. The molecule has 1 fully saturated rings. The van der Waals surface area contributed by atoms with Gasteiger partial charge in [0, 0.05) is 44.3 Å². The molecule has 1 aliphatic rings. The highest BCUT2D eigenvalue weighted by Gasteiger charge is 2.23. The Labute approximate surface area is 168 Å². The third-order valence-electron chi connectivity index (χ3n) is 3.81. The quantitative estimate of drug-likeness (QED) is 0.697. The Hall–Kier alpha value is -2.62. The number of rotatable bonds is 5. The Kier molecular flexibility index (Phi) is 11.4. The number of aromatic nitrogens is 1. The van der Waals surface area contributed by atoms with Crippen LogP contribution in [0.4, 0.5) is 14.5 Å². The standard InChI is InChI=1S/C12H16N2O3.C7H6F2O.CH4O/c15-6-4-9-8-10(3-5-13-9)14-12(16)11-2-1-7-17-11;1-10-6-4-2-3-5(8)7(6)9;1-2/h3,5,8,11,15H,1-2,4,6-7H2,(H,13,14,16);2-4H,1H3;2H,1H3. The number of carbonyl (C=O) groups is 1. The molecule has 2 heterocycles. The minimum absolute atomic E-state index is 0.0517. The Balaban J connectivity index is 0.000000299. The van der Waals surface area contributed by atoms with Gasteiger partial charge in [0.25, 0.3) is 5.91 Å². The molecule has 0 spiro atoms. The van der Waals surface area contributed by atoms with Crippen molar-refractivity contribution < 1.29 is 33.3 Å². The molecule has 0 saturated carbocycles. The fourth-order valence-corrected chi connectivity index (χ4v) is 2.46. The van der Waals surface area contributed by atoms with E-state index in [0.29, 0.717) is 18.7 Å². The van der Waals surface area contributed by atoms with Crippen LogP contribution in [0.3, 0.4) is 0 Å². The zero-order valence-corrected chi connectivity index (χ0v) is 16.4. The first-order valence-electron chi connectivity index (χ1n) is 8.96. The molecule has 0 aliphatic carbocycles. The van der Waals surface area contributed by atoms with Crippen molar-refractivity contribution >= 4 is 11.6 Å². The van der Waals surface area contributed by atoms with Crippen molar-refractivity contribution in [1.82, 2.24) is 4.98 Å². The summed E-state index contributed by atoms with van der Waals surface area (Å²) in [5, 5.41) is 18.6. The van der Waals surface area contributed by atoms with Gasteiger partial charge in [0.2, 0.25) is 5.82 Å². The van der Waals surface area contributed by atoms with E-state index in [2.05, 4.69) is 15.0 Å². The molecule has 1 aromatic carbocycles. The second kappa shape index (κ2) is 13.5. The van der Waals surface area contributed by atoms with Crippen LogP contribution in [-0.4, -0.2) is 54.6 Å². The van der Waals surface area contributed by atoms with E-state index in [1.165, 1.54) is 19.2 Å². The third kappa shape index (κ3) is 8.10. The summed E-state index contributed by atoms with van der Waals surface area (Å²) in [6, 6.07) is 7.28. The largest absolute Gasteiger partial charge is 0.494 e. The van der Waals surface area contributed by atoms with Crippen molar-refractivity contribution in [2.75, 3.05) is 32.8 Å². The van der Waals surface area contributed by atoms with Crippen molar-refractivity contribution in [2.24, 2.45) is 0 Å². The summed E-state index contributed by atoms with van der Waals surface area (Å²) in [5.74, 6) is -2.01.